The summed E-state index contributed by atoms with van der Waals surface area (Å²) in [6, 6.07) is 6.72. The Bertz CT molecular complexity index is 868. The molecule has 5 nitrogen and oxygen atoms in total. The van der Waals surface area contributed by atoms with Crippen molar-refractivity contribution >= 4 is 28.9 Å². The molecule has 0 aromatic heterocycles. The first-order chi connectivity index (χ1) is 9.52. The van der Waals surface area contributed by atoms with Gasteiger partial charge in [-0.2, -0.15) is 0 Å². The molecule has 2 aliphatic carbocycles. The lowest BCUT2D eigenvalue weighted by Crippen LogP contribution is -2.24. The molecule has 5 heteroatoms. The Kier molecular flexibility index (Phi) is 2.44. The number of carboxylic acids is 2. The van der Waals surface area contributed by atoms with E-state index in [0.717, 1.165) is 6.08 Å². The second-order valence-electron chi connectivity index (χ2n) is 4.39. The van der Waals surface area contributed by atoms with Gasteiger partial charge in [0.15, 0.2) is 5.78 Å². The predicted molar refractivity (Wildman–Crippen MR) is 69.0 cm³/mol. The molecule has 1 aromatic carbocycles. The van der Waals surface area contributed by atoms with E-state index in [0.29, 0.717) is 16.0 Å². The fraction of sp³-hybridized carbons (Fsp3) is 0. The summed E-state index contributed by atoms with van der Waals surface area (Å²) >= 11 is 0. The van der Waals surface area contributed by atoms with Gasteiger partial charge in [-0.3, -0.25) is 4.79 Å². The van der Waals surface area contributed by atoms with Crippen LogP contribution in [0.5, 0.6) is 0 Å². The molecule has 0 unspecified atom stereocenters. The average Bonchev–Trinajstić information content (AvgIpc) is 2.72. The van der Waals surface area contributed by atoms with Crippen molar-refractivity contribution < 1.29 is 24.6 Å². The highest BCUT2D eigenvalue weighted by Crippen LogP contribution is 2.31. The van der Waals surface area contributed by atoms with E-state index < -0.39 is 23.3 Å². The van der Waals surface area contributed by atoms with Gasteiger partial charge in [0.25, 0.3) is 0 Å². The Balaban J connectivity index is 2.57. The zero-order chi connectivity index (χ0) is 14.4. The van der Waals surface area contributed by atoms with E-state index in [1.165, 1.54) is 6.08 Å². The first kappa shape index (κ1) is 12.1. The number of carboxylic acid groups (broad SMARTS) is 2. The van der Waals surface area contributed by atoms with E-state index in [9.17, 15) is 24.6 Å². The minimum atomic E-state index is -1.42. The van der Waals surface area contributed by atoms with E-state index in [4.69, 9.17) is 0 Å². The molecule has 0 amide bonds. The van der Waals surface area contributed by atoms with Crippen molar-refractivity contribution in [1.29, 1.82) is 0 Å². The largest absolute Gasteiger partial charge is 0.478 e. The highest BCUT2D eigenvalue weighted by atomic mass is 16.4. The summed E-state index contributed by atoms with van der Waals surface area (Å²) in [5.74, 6) is -3.36. The molecule has 0 atom stereocenters. The SMILES string of the molecule is O=C(O)C1=C2C(=c3ccccc3=C2C(=O)O)C=CC1=O. The van der Waals surface area contributed by atoms with Gasteiger partial charge in [-0.05, 0) is 28.2 Å². The zero-order valence-corrected chi connectivity index (χ0v) is 10.1. The Morgan fingerprint density at radius 3 is 2.05 bits per heavy atom. The molecule has 0 heterocycles. The molecule has 0 saturated carbocycles. The summed E-state index contributed by atoms with van der Waals surface area (Å²) in [4.78, 5) is 34.5. The number of hydrogen-bond donors (Lipinski definition) is 2. The van der Waals surface area contributed by atoms with Gasteiger partial charge < -0.3 is 10.2 Å². The van der Waals surface area contributed by atoms with Gasteiger partial charge in [0.2, 0.25) is 0 Å². The molecular weight excluding hydrogens is 260 g/mol. The minimum Gasteiger partial charge on any atom is -0.478 e. The number of benzene rings is 1. The molecule has 0 bridgehead atoms. The summed E-state index contributed by atoms with van der Waals surface area (Å²) in [5.41, 5.74) is -0.157. The first-order valence-corrected chi connectivity index (χ1v) is 5.80. The van der Waals surface area contributed by atoms with Gasteiger partial charge in [-0.15, -0.1) is 0 Å². The van der Waals surface area contributed by atoms with Gasteiger partial charge in [-0.1, -0.05) is 24.3 Å². The van der Waals surface area contributed by atoms with Crippen LogP contribution in [0, 0.1) is 0 Å². The maximum Gasteiger partial charge on any atom is 0.340 e. The number of allylic oxidation sites excluding steroid dienone is 2. The monoisotopic (exact) mass is 268 g/mol. The molecule has 3 rings (SSSR count). The molecule has 0 aliphatic heterocycles. The molecular formula is C15H8O5. The van der Waals surface area contributed by atoms with E-state index in [1.54, 1.807) is 24.3 Å². The van der Waals surface area contributed by atoms with Crippen LogP contribution >= 0.6 is 0 Å². The van der Waals surface area contributed by atoms with Gasteiger partial charge in [0, 0.05) is 5.57 Å². The fourth-order valence-electron chi connectivity index (χ4n) is 2.57. The third kappa shape index (κ3) is 1.46. The Labute approximate surface area is 112 Å². The van der Waals surface area contributed by atoms with Crippen LogP contribution < -0.4 is 10.4 Å². The average molecular weight is 268 g/mol. The van der Waals surface area contributed by atoms with Crippen molar-refractivity contribution in [2.24, 2.45) is 0 Å². The lowest BCUT2D eigenvalue weighted by atomic mass is 9.89. The van der Waals surface area contributed by atoms with Crippen molar-refractivity contribution in [3.05, 3.63) is 58.0 Å². The Morgan fingerprint density at radius 1 is 0.850 bits per heavy atom. The van der Waals surface area contributed by atoms with Crippen LogP contribution in [0.4, 0.5) is 0 Å². The Hall–Kier alpha value is -2.95. The molecule has 98 valence electrons. The van der Waals surface area contributed by atoms with Crippen LogP contribution in [0.15, 0.2) is 47.6 Å². The highest BCUT2D eigenvalue weighted by molar-refractivity contribution is 6.33. The maximum absolute atomic E-state index is 11.8. The van der Waals surface area contributed by atoms with Gasteiger partial charge in [-0.25, -0.2) is 9.59 Å². The maximum atomic E-state index is 11.8. The van der Waals surface area contributed by atoms with Gasteiger partial charge >= 0.3 is 11.9 Å². The summed E-state index contributed by atoms with van der Waals surface area (Å²) in [5, 5.41) is 19.6. The fourth-order valence-corrected chi connectivity index (χ4v) is 2.57. The second kappa shape index (κ2) is 4.03. The molecule has 0 radical (unpaired) electrons. The van der Waals surface area contributed by atoms with Crippen LogP contribution in [-0.4, -0.2) is 27.9 Å². The molecule has 1 aromatic rings. The third-order valence-corrected chi connectivity index (χ3v) is 3.33. The standard InChI is InChI=1S/C15H8O5/c16-10-6-5-9-7-3-1-2-4-8(7)12(14(17)18)11(9)13(10)15(19)20/h1-6H,(H,17,18)(H,19,20). The molecule has 0 fully saturated rings. The normalized spacial score (nSPS) is 16.3. The van der Waals surface area contributed by atoms with Crippen LogP contribution in [0.2, 0.25) is 0 Å². The molecule has 0 spiro atoms. The van der Waals surface area contributed by atoms with Crippen molar-refractivity contribution in [1.82, 2.24) is 0 Å². The topological polar surface area (TPSA) is 91.7 Å². The van der Waals surface area contributed by atoms with E-state index in [-0.39, 0.29) is 11.1 Å². The van der Waals surface area contributed by atoms with Gasteiger partial charge in [0.05, 0.1) is 5.57 Å². The second-order valence-corrected chi connectivity index (χ2v) is 4.39. The van der Waals surface area contributed by atoms with Crippen molar-refractivity contribution in [2.75, 3.05) is 0 Å². The number of rotatable bonds is 2. The quantitative estimate of drug-likeness (QED) is 0.712. The number of hydrogen-bond acceptors (Lipinski definition) is 3. The van der Waals surface area contributed by atoms with Gasteiger partial charge in [0.1, 0.15) is 5.57 Å². The van der Waals surface area contributed by atoms with E-state index in [2.05, 4.69) is 0 Å². The predicted octanol–water partition coefficient (Wildman–Crippen LogP) is -0.394. The number of carbonyl (C=O) groups excluding carboxylic acids is 1. The Morgan fingerprint density at radius 2 is 1.45 bits per heavy atom. The smallest absolute Gasteiger partial charge is 0.340 e. The summed E-state index contributed by atoms with van der Waals surface area (Å²) < 4.78 is 0. The highest BCUT2D eigenvalue weighted by Gasteiger charge is 2.34. The summed E-state index contributed by atoms with van der Waals surface area (Å²) in [6.07, 6.45) is 2.63. The van der Waals surface area contributed by atoms with Crippen molar-refractivity contribution in [3.63, 3.8) is 0 Å². The summed E-state index contributed by atoms with van der Waals surface area (Å²) in [6.45, 7) is 0. The van der Waals surface area contributed by atoms with E-state index in [1.807, 2.05) is 0 Å². The number of carbonyl (C=O) groups is 3. The lowest BCUT2D eigenvalue weighted by molar-refractivity contribution is -0.134. The van der Waals surface area contributed by atoms with Crippen molar-refractivity contribution in [2.45, 2.75) is 0 Å². The van der Waals surface area contributed by atoms with E-state index >= 15 is 0 Å². The third-order valence-electron chi connectivity index (χ3n) is 3.33. The van der Waals surface area contributed by atoms with Crippen LogP contribution in [0.1, 0.15) is 0 Å². The molecule has 20 heavy (non-hydrogen) atoms. The van der Waals surface area contributed by atoms with Crippen LogP contribution in [-0.2, 0) is 14.4 Å². The zero-order valence-electron chi connectivity index (χ0n) is 10.1. The first-order valence-electron chi connectivity index (χ1n) is 5.80. The molecule has 2 aliphatic rings. The lowest BCUT2D eigenvalue weighted by Gasteiger charge is -2.12. The minimum absolute atomic E-state index is 0.00120. The molecule has 2 N–H and O–H groups in total. The molecule has 0 saturated heterocycles. The van der Waals surface area contributed by atoms with Crippen LogP contribution in [0.3, 0.4) is 0 Å². The number of fused-ring (bicyclic) bond motifs is 2. The number of ketones is 1. The van der Waals surface area contributed by atoms with Crippen LogP contribution in [0.25, 0.3) is 11.1 Å². The summed E-state index contributed by atoms with van der Waals surface area (Å²) in [7, 11) is 0. The van der Waals surface area contributed by atoms with Crippen molar-refractivity contribution in [3.8, 4) is 0 Å². The number of aliphatic carboxylic acids is 2.